The molecule has 1 aromatic heterocycles. The van der Waals surface area contributed by atoms with Crippen LogP contribution >= 0.6 is 0 Å². The lowest BCUT2D eigenvalue weighted by atomic mass is 10.2. The first kappa shape index (κ1) is 19.8. The summed E-state index contributed by atoms with van der Waals surface area (Å²) in [5, 5.41) is 12.0. The summed E-state index contributed by atoms with van der Waals surface area (Å²) in [6.07, 6.45) is -0.878. The number of nitriles is 1. The number of hydrogen-bond acceptors (Lipinski definition) is 6. The van der Waals surface area contributed by atoms with E-state index in [1.807, 2.05) is 6.07 Å². The molecule has 3 aromatic rings. The van der Waals surface area contributed by atoms with Crippen LogP contribution in [0.3, 0.4) is 0 Å². The first-order chi connectivity index (χ1) is 14.0. The van der Waals surface area contributed by atoms with Gasteiger partial charge in [0.25, 0.3) is 11.5 Å². The van der Waals surface area contributed by atoms with Gasteiger partial charge in [-0.1, -0.05) is 18.2 Å². The van der Waals surface area contributed by atoms with E-state index in [1.165, 1.54) is 13.0 Å². The number of rotatable bonds is 6. The van der Waals surface area contributed by atoms with Crippen molar-refractivity contribution in [2.45, 2.75) is 25.9 Å². The van der Waals surface area contributed by atoms with Gasteiger partial charge in [-0.05, 0) is 37.3 Å². The number of aromatic amines is 1. The highest BCUT2D eigenvalue weighted by molar-refractivity contribution is 5.95. The fourth-order valence-electron chi connectivity index (χ4n) is 2.69. The average molecular weight is 390 g/mol. The number of fused-ring (bicyclic) bond motifs is 1. The van der Waals surface area contributed by atoms with E-state index in [0.717, 1.165) is 0 Å². The predicted molar refractivity (Wildman–Crippen MR) is 106 cm³/mol. The molecule has 0 aliphatic carbocycles. The second kappa shape index (κ2) is 8.80. The third-order valence-corrected chi connectivity index (χ3v) is 4.16. The van der Waals surface area contributed by atoms with Gasteiger partial charge in [-0.25, -0.2) is 4.98 Å². The Hall–Kier alpha value is -3.99. The minimum Gasteiger partial charge on any atom is -0.453 e. The van der Waals surface area contributed by atoms with E-state index in [-0.39, 0.29) is 18.4 Å². The molecule has 0 radical (unpaired) electrons. The van der Waals surface area contributed by atoms with E-state index in [4.69, 9.17) is 10.00 Å². The Labute approximate surface area is 166 Å². The molecular formula is C21H18N4O4. The molecule has 1 heterocycles. The number of anilines is 1. The monoisotopic (exact) mass is 390 g/mol. The lowest BCUT2D eigenvalue weighted by Gasteiger charge is -2.13. The number of hydrogen-bond donors (Lipinski definition) is 2. The lowest BCUT2D eigenvalue weighted by Crippen LogP contribution is -2.30. The zero-order chi connectivity index (χ0) is 20.8. The topological polar surface area (TPSA) is 125 Å². The Kier molecular flexibility index (Phi) is 6.00. The first-order valence-corrected chi connectivity index (χ1v) is 8.94. The zero-order valence-electron chi connectivity index (χ0n) is 15.6. The molecule has 1 amide bonds. The number of ether oxygens (including phenoxy) is 1. The van der Waals surface area contributed by atoms with Gasteiger partial charge in [0, 0.05) is 12.1 Å². The molecule has 0 aliphatic heterocycles. The zero-order valence-corrected chi connectivity index (χ0v) is 15.6. The van der Waals surface area contributed by atoms with E-state index in [0.29, 0.717) is 28.0 Å². The molecule has 0 spiro atoms. The molecule has 3 rings (SSSR count). The second-order valence-electron chi connectivity index (χ2n) is 6.34. The van der Waals surface area contributed by atoms with Crippen molar-refractivity contribution in [2.24, 2.45) is 0 Å². The number of aryl methyl sites for hydroxylation is 1. The molecule has 8 nitrogen and oxygen atoms in total. The summed E-state index contributed by atoms with van der Waals surface area (Å²) >= 11 is 0. The molecule has 2 aromatic carbocycles. The number of H-pyrrole nitrogens is 1. The van der Waals surface area contributed by atoms with Gasteiger partial charge in [0.1, 0.15) is 5.82 Å². The third kappa shape index (κ3) is 5.05. The number of nitrogens with one attached hydrogen (secondary N) is 2. The summed E-state index contributed by atoms with van der Waals surface area (Å²) in [6.45, 7) is 1.46. The van der Waals surface area contributed by atoms with Crippen LogP contribution in [0.25, 0.3) is 10.9 Å². The largest absolute Gasteiger partial charge is 0.453 e. The van der Waals surface area contributed by atoms with Crippen molar-refractivity contribution in [3.8, 4) is 6.07 Å². The number of carbonyl (C=O) groups is 2. The van der Waals surface area contributed by atoms with Crippen LogP contribution in [0.4, 0.5) is 5.69 Å². The van der Waals surface area contributed by atoms with Gasteiger partial charge in [0.15, 0.2) is 6.10 Å². The number of benzene rings is 2. The van der Waals surface area contributed by atoms with Gasteiger partial charge >= 0.3 is 5.97 Å². The minimum atomic E-state index is -1.02. The van der Waals surface area contributed by atoms with Crippen molar-refractivity contribution < 1.29 is 14.3 Å². The van der Waals surface area contributed by atoms with Gasteiger partial charge in [-0.15, -0.1) is 0 Å². The third-order valence-electron chi connectivity index (χ3n) is 4.16. The van der Waals surface area contributed by atoms with Crippen molar-refractivity contribution >= 4 is 28.5 Å². The average Bonchev–Trinajstić information content (AvgIpc) is 2.72. The summed E-state index contributed by atoms with van der Waals surface area (Å²) in [6, 6.07) is 15.3. The minimum absolute atomic E-state index is 0.0389. The molecule has 0 fully saturated rings. The van der Waals surface area contributed by atoms with Gasteiger partial charge in [0.2, 0.25) is 0 Å². The Morgan fingerprint density at radius 2 is 2.03 bits per heavy atom. The molecule has 1 atom stereocenters. The van der Waals surface area contributed by atoms with Gasteiger partial charge in [-0.2, -0.15) is 5.26 Å². The predicted octanol–water partition coefficient (Wildman–Crippen LogP) is 2.30. The summed E-state index contributed by atoms with van der Waals surface area (Å²) in [7, 11) is 0. The maximum atomic E-state index is 12.2. The number of aromatic nitrogens is 2. The summed E-state index contributed by atoms with van der Waals surface area (Å²) < 4.78 is 5.14. The number of amides is 1. The molecular weight excluding hydrogens is 372 g/mol. The van der Waals surface area contributed by atoms with Crippen molar-refractivity contribution in [2.75, 3.05) is 5.32 Å². The Morgan fingerprint density at radius 3 is 2.83 bits per heavy atom. The van der Waals surface area contributed by atoms with Crippen LogP contribution in [0.5, 0.6) is 0 Å². The van der Waals surface area contributed by atoms with E-state index in [1.54, 1.807) is 42.5 Å². The summed E-state index contributed by atoms with van der Waals surface area (Å²) in [5.74, 6) is -0.726. The van der Waals surface area contributed by atoms with Crippen LogP contribution in [0.15, 0.2) is 53.3 Å². The van der Waals surface area contributed by atoms with Crippen LogP contribution < -0.4 is 10.9 Å². The standard InChI is InChI=1S/C21H18N4O4/c1-13(20(27)23-15-6-4-5-14(11-15)12-22)29-19(26)10-9-18-24-17-8-3-2-7-16(17)21(28)25-18/h2-8,11,13H,9-10H2,1H3,(H,23,27)(H,24,25,28). The van der Waals surface area contributed by atoms with Gasteiger partial charge < -0.3 is 15.0 Å². The summed E-state index contributed by atoms with van der Waals surface area (Å²) in [4.78, 5) is 43.3. The normalized spacial score (nSPS) is 11.4. The maximum absolute atomic E-state index is 12.2. The molecule has 2 N–H and O–H groups in total. The van der Waals surface area contributed by atoms with Crippen LogP contribution in [-0.4, -0.2) is 27.9 Å². The molecule has 29 heavy (non-hydrogen) atoms. The van der Waals surface area contributed by atoms with E-state index < -0.39 is 18.0 Å². The van der Waals surface area contributed by atoms with E-state index in [9.17, 15) is 14.4 Å². The second-order valence-corrected chi connectivity index (χ2v) is 6.34. The van der Waals surface area contributed by atoms with Crippen molar-refractivity contribution in [3.63, 3.8) is 0 Å². The van der Waals surface area contributed by atoms with Crippen molar-refractivity contribution in [1.29, 1.82) is 5.26 Å². The van der Waals surface area contributed by atoms with Crippen LogP contribution in [0.2, 0.25) is 0 Å². The van der Waals surface area contributed by atoms with Crippen molar-refractivity contribution in [3.05, 3.63) is 70.3 Å². The molecule has 146 valence electrons. The molecule has 0 saturated carbocycles. The van der Waals surface area contributed by atoms with Crippen molar-refractivity contribution in [1.82, 2.24) is 9.97 Å². The molecule has 0 bridgehead atoms. The van der Waals surface area contributed by atoms with Crippen LogP contribution in [-0.2, 0) is 20.7 Å². The highest BCUT2D eigenvalue weighted by Crippen LogP contribution is 2.11. The molecule has 8 heteroatoms. The van der Waals surface area contributed by atoms with Crippen LogP contribution in [0.1, 0.15) is 24.7 Å². The Morgan fingerprint density at radius 1 is 1.24 bits per heavy atom. The summed E-state index contributed by atoms with van der Waals surface area (Å²) in [5.41, 5.74) is 1.12. The lowest BCUT2D eigenvalue weighted by molar-refractivity contribution is -0.153. The van der Waals surface area contributed by atoms with Crippen LogP contribution in [0, 0.1) is 11.3 Å². The fraction of sp³-hybridized carbons (Fsp3) is 0.190. The van der Waals surface area contributed by atoms with E-state index in [2.05, 4.69) is 15.3 Å². The molecule has 0 aliphatic rings. The van der Waals surface area contributed by atoms with E-state index >= 15 is 0 Å². The quantitative estimate of drug-likeness (QED) is 0.622. The van der Waals surface area contributed by atoms with Gasteiger partial charge in [0.05, 0.1) is 29.0 Å². The number of esters is 1. The number of nitrogens with zero attached hydrogens (tertiary/aromatic N) is 2. The highest BCUT2D eigenvalue weighted by atomic mass is 16.5. The molecule has 0 saturated heterocycles. The van der Waals surface area contributed by atoms with Gasteiger partial charge in [-0.3, -0.25) is 14.4 Å². The smallest absolute Gasteiger partial charge is 0.307 e. The fourth-order valence-corrected chi connectivity index (χ4v) is 2.69. The number of carbonyl (C=O) groups excluding carboxylic acids is 2. The Balaban J connectivity index is 1.55. The Bertz CT molecular complexity index is 1160. The SMILES string of the molecule is CC(OC(=O)CCc1nc2ccccc2c(=O)[nH]1)C(=O)Nc1cccc(C#N)c1. The first-order valence-electron chi connectivity index (χ1n) is 8.94. The highest BCUT2D eigenvalue weighted by Gasteiger charge is 2.18. The maximum Gasteiger partial charge on any atom is 0.307 e. The number of para-hydroxylation sites is 1. The molecule has 1 unspecified atom stereocenters.